The Morgan fingerprint density at radius 3 is 2.59 bits per heavy atom. The Kier molecular flexibility index (Phi) is 9.25. The topological polar surface area (TPSA) is 55.3 Å². The molecule has 1 aliphatic rings. The second kappa shape index (κ2) is 11.7. The van der Waals surface area contributed by atoms with Crippen LogP contribution >= 0.6 is 0 Å². The summed E-state index contributed by atoms with van der Waals surface area (Å²) in [6.45, 7) is 2.57. The number of nitrogens with zero attached hydrogens (tertiary/aromatic N) is 2. The fraction of sp³-hybridized carbons (Fsp3) is 0.667. The SMILES string of the molecule is CN=C(NCCCOC1CCCC1)N(C)CCc1ccc(OC)c(OC)c1. The lowest BCUT2D eigenvalue weighted by atomic mass is 10.1. The highest BCUT2D eigenvalue weighted by molar-refractivity contribution is 5.79. The number of hydrogen-bond acceptors (Lipinski definition) is 4. The molecule has 0 bridgehead atoms. The van der Waals surface area contributed by atoms with Crippen LogP contribution in [0.3, 0.4) is 0 Å². The van der Waals surface area contributed by atoms with Crippen molar-refractivity contribution in [3.63, 3.8) is 0 Å². The molecule has 0 spiro atoms. The lowest BCUT2D eigenvalue weighted by Crippen LogP contribution is -2.40. The second-order valence-corrected chi connectivity index (χ2v) is 6.97. The van der Waals surface area contributed by atoms with Crippen LogP contribution in [-0.4, -0.2) is 65.0 Å². The van der Waals surface area contributed by atoms with E-state index in [1.165, 1.54) is 31.2 Å². The van der Waals surface area contributed by atoms with Gasteiger partial charge in [-0.15, -0.1) is 0 Å². The predicted molar refractivity (Wildman–Crippen MR) is 110 cm³/mol. The Morgan fingerprint density at radius 1 is 1.19 bits per heavy atom. The Hall–Kier alpha value is -1.95. The quantitative estimate of drug-likeness (QED) is 0.386. The number of rotatable bonds is 10. The number of ether oxygens (including phenoxy) is 3. The highest BCUT2D eigenvalue weighted by atomic mass is 16.5. The Labute approximate surface area is 163 Å². The molecule has 1 aliphatic carbocycles. The van der Waals surface area contributed by atoms with Crippen molar-refractivity contribution < 1.29 is 14.2 Å². The van der Waals surface area contributed by atoms with E-state index in [0.717, 1.165) is 50.0 Å². The molecule has 2 rings (SSSR count). The van der Waals surface area contributed by atoms with Crippen molar-refractivity contribution in [1.29, 1.82) is 0 Å². The minimum atomic E-state index is 0.494. The first-order chi connectivity index (χ1) is 13.2. The maximum Gasteiger partial charge on any atom is 0.193 e. The number of methoxy groups -OCH3 is 2. The predicted octanol–water partition coefficient (Wildman–Crippen LogP) is 3.10. The molecule has 27 heavy (non-hydrogen) atoms. The van der Waals surface area contributed by atoms with Gasteiger partial charge < -0.3 is 24.4 Å². The Bertz CT molecular complexity index is 586. The van der Waals surface area contributed by atoms with Crippen molar-refractivity contribution in [3.05, 3.63) is 23.8 Å². The molecule has 1 aromatic rings. The summed E-state index contributed by atoms with van der Waals surface area (Å²) in [5, 5.41) is 3.42. The summed E-state index contributed by atoms with van der Waals surface area (Å²) in [5.74, 6) is 2.44. The summed E-state index contributed by atoms with van der Waals surface area (Å²) < 4.78 is 16.6. The maximum absolute atomic E-state index is 5.91. The van der Waals surface area contributed by atoms with Crippen molar-refractivity contribution in [2.45, 2.75) is 44.6 Å². The van der Waals surface area contributed by atoms with Gasteiger partial charge in [-0.2, -0.15) is 0 Å². The van der Waals surface area contributed by atoms with Crippen molar-refractivity contribution in [3.8, 4) is 11.5 Å². The molecule has 0 heterocycles. The molecule has 6 nitrogen and oxygen atoms in total. The van der Waals surface area contributed by atoms with E-state index in [1.807, 2.05) is 19.2 Å². The van der Waals surface area contributed by atoms with Crippen molar-refractivity contribution in [2.75, 3.05) is 48.0 Å². The van der Waals surface area contributed by atoms with Crippen LogP contribution in [-0.2, 0) is 11.2 Å². The summed E-state index contributed by atoms with van der Waals surface area (Å²) in [7, 11) is 7.20. The summed E-state index contributed by atoms with van der Waals surface area (Å²) in [5.41, 5.74) is 1.21. The molecule has 1 fully saturated rings. The molecule has 0 amide bonds. The smallest absolute Gasteiger partial charge is 0.193 e. The Morgan fingerprint density at radius 2 is 1.93 bits per heavy atom. The average molecular weight is 378 g/mol. The molecule has 6 heteroatoms. The van der Waals surface area contributed by atoms with E-state index in [-0.39, 0.29) is 0 Å². The zero-order chi connectivity index (χ0) is 19.5. The van der Waals surface area contributed by atoms with E-state index in [4.69, 9.17) is 14.2 Å². The van der Waals surface area contributed by atoms with Gasteiger partial charge in [0.15, 0.2) is 17.5 Å². The van der Waals surface area contributed by atoms with Gasteiger partial charge in [0.1, 0.15) is 0 Å². The van der Waals surface area contributed by atoms with Crippen LogP contribution < -0.4 is 14.8 Å². The summed E-state index contributed by atoms with van der Waals surface area (Å²) >= 11 is 0. The highest BCUT2D eigenvalue weighted by Gasteiger charge is 2.14. The third-order valence-corrected chi connectivity index (χ3v) is 5.02. The number of benzene rings is 1. The summed E-state index contributed by atoms with van der Waals surface area (Å²) in [4.78, 5) is 6.53. The fourth-order valence-electron chi connectivity index (χ4n) is 3.40. The van der Waals surface area contributed by atoms with Gasteiger partial charge in [-0.1, -0.05) is 18.9 Å². The molecule has 1 saturated carbocycles. The molecule has 0 unspecified atom stereocenters. The van der Waals surface area contributed by atoms with Crippen molar-refractivity contribution in [1.82, 2.24) is 10.2 Å². The number of aliphatic imine (C=N–C) groups is 1. The fourth-order valence-corrected chi connectivity index (χ4v) is 3.40. The van der Waals surface area contributed by atoms with Gasteiger partial charge in [0, 0.05) is 33.8 Å². The molecule has 0 aliphatic heterocycles. The zero-order valence-corrected chi connectivity index (χ0v) is 17.3. The minimum absolute atomic E-state index is 0.494. The standard InChI is InChI=1S/C21H35N3O3/c1-22-21(23-13-7-15-27-18-8-5-6-9-18)24(2)14-12-17-10-11-19(25-3)20(16-17)26-4/h10-11,16,18H,5-9,12-15H2,1-4H3,(H,22,23). The van der Waals surface area contributed by atoms with Crippen molar-refractivity contribution >= 4 is 5.96 Å². The molecule has 0 aromatic heterocycles. The first-order valence-electron chi connectivity index (χ1n) is 9.92. The number of nitrogens with one attached hydrogen (secondary N) is 1. The maximum atomic E-state index is 5.91. The number of likely N-dealkylation sites (N-methyl/N-ethyl adjacent to an activating group) is 1. The first-order valence-corrected chi connectivity index (χ1v) is 9.92. The monoisotopic (exact) mass is 377 g/mol. The summed E-state index contributed by atoms with van der Waals surface area (Å²) in [6.07, 6.45) is 7.50. The molecular weight excluding hydrogens is 342 g/mol. The third kappa shape index (κ3) is 6.94. The molecule has 0 atom stereocenters. The van der Waals surface area contributed by atoms with Gasteiger partial charge in [0.05, 0.1) is 20.3 Å². The second-order valence-electron chi connectivity index (χ2n) is 6.97. The van der Waals surface area contributed by atoms with Gasteiger partial charge in [0.2, 0.25) is 0 Å². The first kappa shape index (κ1) is 21.4. The minimum Gasteiger partial charge on any atom is -0.493 e. The van der Waals surface area contributed by atoms with Gasteiger partial charge in [-0.25, -0.2) is 0 Å². The van der Waals surface area contributed by atoms with Crippen LogP contribution in [0.15, 0.2) is 23.2 Å². The van der Waals surface area contributed by atoms with Crippen LogP contribution in [0.4, 0.5) is 0 Å². The van der Waals surface area contributed by atoms with E-state index in [2.05, 4.69) is 28.3 Å². The van der Waals surface area contributed by atoms with Crippen LogP contribution in [0.2, 0.25) is 0 Å². The Balaban J connectivity index is 1.70. The lowest BCUT2D eigenvalue weighted by molar-refractivity contribution is 0.0573. The van der Waals surface area contributed by atoms with Crippen LogP contribution in [0.5, 0.6) is 11.5 Å². The molecule has 152 valence electrons. The van der Waals surface area contributed by atoms with E-state index in [0.29, 0.717) is 6.10 Å². The lowest BCUT2D eigenvalue weighted by Gasteiger charge is -2.22. The molecule has 1 aromatic carbocycles. The van der Waals surface area contributed by atoms with Crippen LogP contribution in [0, 0.1) is 0 Å². The van der Waals surface area contributed by atoms with Crippen LogP contribution in [0.1, 0.15) is 37.7 Å². The normalized spacial score (nSPS) is 15.0. The van der Waals surface area contributed by atoms with Crippen LogP contribution in [0.25, 0.3) is 0 Å². The van der Waals surface area contributed by atoms with Gasteiger partial charge in [0.25, 0.3) is 0 Å². The third-order valence-electron chi connectivity index (χ3n) is 5.02. The largest absolute Gasteiger partial charge is 0.493 e. The highest BCUT2D eigenvalue weighted by Crippen LogP contribution is 2.27. The van der Waals surface area contributed by atoms with Gasteiger partial charge >= 0.3 is 0 Å². The molecule has 0 radical (unpaired) electrons. The number of hydrogen-bond donors (Lipinski definition) is 1. The van der Waals surface area contributed by atoms with Gasteiger partial charge in [-0.05, 0) is 43.4 Å². The average Bonchev–Trinajstić information content (AvgIpc) is 3.22. The molecule has 1 N–H and O–H groups in total. The van der Waals surface area contributed by atoms with Gasteiger partial charge in [-0.3, -0.25) is 4.99 Å². The van der Waals surface area contributed by atoms with Crippen molar-refractivity contribution in [2.24, 2.45) is 4.99 Å². The van der Waals surface area contributed by atoms with E-state index >= 15 is 0 Å². The van der Waals surface area contributed by atoms with E-state index < -0.39 is 0 Å². The summed E-state index contributed by atoms with van der Waals surface area (Å²) in [6, 6.07) is 6.06. The zero-order valence-electron chi connectivity index (χ0n) is 17.3. The van der Waals surface area contributed by atoms with E-state index in [9.17, 15) is 0 Å². The number of guanidine groups is 1. The molecular formula is C21H35N3O3. The molecule has 0 saturated heterocycles. The van der Waals surface area contributed by atoms with E-state index in [1.54, 1.807) is 14.2 Å².